The van der Waals surface area contributed by atoms with E-state index in [1.807, 2.05) is 12.1 Å². The highest BCUT2D eigenvalue weighted by Gasteiger charge is 2.26. The van der Waals surface area contributed by atoms with E-state index in [1.165, 1.54) is 12.3 Å². The highest BCUT2D eigenvalue weighted by molar-refractivity contribution is 6.30. The first-order valence-electron chi connectivity index (χ1n) is 9.21. The number of likely N-dealkylation sites (tertiary alicyclic amines) is 1. The lowest BCUT2D eigenvalue weighted by atomic mass is 10.1. The van der Waals surface area contributed by atoms with Gasteiger partial charge in [0.1, 0.15) is 11.9 Å². The average Bonchev–Trinajstić information content (AvgIpc) is 3.21. The molecule has 0 N–H and O–H groups in total. The number of hydrogen-bond acceptors (Lipinski definition) is 3. The van der Waals surface area contributed by atoms with Crippen LogP contribution in [0, 0.1) is 11.6 Å². The van der Waals surface area contributed by atoms with Crippen molar-refractivity contribution in [1.29, 1.82) is 0 Å². The van der Waals surface area contributed by atoms with Crippen molar-refractivity contribution in [3.63, 3.8) is 0 Å². The predicted molar refractivity (Wildman–Crippen MR) is 104 cm³/mol. The van der Waals surface area contributed by atoms with Gasteiger partial charge in [-0.25, -0.2) is 13.5 Å². The van der Waals surface area contributed by atoms with Crippen LogP contribution in [-0.2, 0) is 0 Å². The number of nitrogens with zero attached hydrogens (tertiary/aromatic N) is 3. The molecule has 1 aliphatic heterocycles. The minimum absolute atomic E-state index is 0.0282. The third kappa shape index (κ3) is 4.40. The Balaban J connectivity index is 1.36. The highest BCUT2D eigenvalue weighted by Crippen LogP contribution is 2.23. The van der Waals surface area contributed by atoms with Crippen molar-refractivity contribution in [2.75, 3.05) is 13.1 Å². The van der Waals surface area contributed by atoms with Gasteiger partial charge in [-0.15, -0.1) is 0 Å². The van der Waals surface area contributed by atoms with Crippen LogP contribution < -0.4 is 4.74 Å². The third-order valence-corrected chi connectivity index (χ3v) is 5.09. The number of ether oxygens (including phenoxy) is 1. The molecular weight excluding hydrogens is 400 g/mol. The van der Waals surface area contributed by atoms with Gasteiger partial charge in [-0.1, -0.05) is 11.6 Å². The van der Waals surface area contributed by atoms with E-state index in [0.717, 1.165) is 17.8 Å². The normalized spacial score (nSPS) is 14.8. The van der Waals surface area contributed by atoms with E-state index in [4.69, 9.17) is 16.3 Å². The summed E-state index contributed by atoms with van der Waals surface area (Å²) in [5.41, 5.74) is 1.30. The van der Waals surface area contributed by atoms with Crippen molar-refractivity contribution in [2.45, 2.75) is 18.9 Å². The third-order valence-electron chi connectivity index (χ3n) is 4.84. The molecule has 1 aliphatic rings. The van der Waals surface area contributed by atoms with Gasteiger partial charge in [-0.05, 0) is 36.4 Å². The van der Waals surface area contributed by atoms with Gasteiger partial charge in [0.25, 0.3) is 5.91 Å². The summed E-state index contributed by atoms with van der Waals surface area (Å²) < 4.78 is 34.0. The minimum Gasteiger partial charge on any atom is -0.487 e. The maximum Gasteiger partial charge on any atom is 0.257 e. The summed E-state index contributed by atoms with van der Waals surface area (Å²) in [6, 6.07) is 10.4. The van der Waals surface area contributed by atoms with Crippen molar-refractivity contribution >= 4 is 17.5 Å². The molecule has 1 amide bonds. The van der Waals surface area contributed by atoms with E-state index in [0.29, 0.717) is 36.5 Å². The Morgan fingerprint density at radius 1 is 1.10 bits per heavy atom. The van der Waals surface area contributed by atoms with Crippen LogP contribution in [0.2, 0.25) is 5.02 Å². The second-order valence-electron chi connectivity index (χ2n) is 6.83. The smallest absolute Gasteiger partial charge is 0.257 e. The molecule has 29 heavy (non-hydrogen) atoms. The summed E-state index contributed by atoms with van der Waals surface area (Å²) in [5.74, 6) is -1.45. The van der Waals surface area contributed by atoms with Crippen molar-refractivity contribution in [3.05, 3.63) is 77.1 Å². The molecule has 1 aromatic heterocycles. The van der Waals surface area contributed by atoms with E-state index in [9.17, 15) is 13.6 Å². The van der Waals surface area contributed by atoms with E-state index in [1.54, 1.807) is 27.9 Å². The van der Waals surface area contributed by atoms with E-state index in [-0.39, 0.29) is 17.8 Å². The van der Waals surface area contributed by atoms with Crippen LogP contribution in [0.1, 0.15) is 23.2 Å². The molecule has 0 aliphatic carbocycles. The van der Waals surface area contributed by atoms with Crippen LogP contribution in [0.25, 0.3) is 5.69 Å². The van der Waals surface area contributed by atoms with Crippen LogP contribution in [0.5, 0.6) is 5.75 Å². The van der Waals surface area contributed by atoms with Gasteiger partial charge in [0.15, 0.2) is 11.6 Å². The van der Waals surface area contributed by atoms with Crippen LogP contribution in [0.15, 0.2) is 54.9 Å². The fourth-order valence-corrected chi connectivity index (χ4v) is 3.40. The van der Waals surface area contributed by atoms with Crippen LogP contribution in [0.4, 0.5) is 8.78 Å². The number of carbonyl (C=O) groups excluding carboxylic acids is 1. The van der Waals surface area contributed by atoms with Crippen molar-refractivity contribution in [3.8, 4) is 11.4 Å². The molecule has 2 heterocycles. The summed E-state index contributed by atoms with van der Waals surface area (Å²) in [5, 5.41) is 4.88. The van der Waals surface area contributed by atoms with E-state index in [2.05, 4.69) is 5.10 Å². The van der Waals surface area contributed by atoms with Gasteiger partial charge in [0.2, 0.25) is 0 Å². The number of rotatable bonds is 4. The zero-order valence-electron chi connectivity index (χ0n) is 15.4. The SMILES string of the molecule is O=C(c1cnn(-c2ccc(Cl)cc2)c1)N1CCC(Oc2ccc(F)cc2F)CC1. The standard InChI is InChI=1S/C21H18ClF2N3O2/c22-15-1-4-17(5-2-15)27-13-14(12-25-27)21(28)26-9-7-18(8-10-26)29-20-6-3-16(23)11-19(20)24/h1-6,11-13,18H,7-10H2. The molecule has 150 valence electrons. The highest BCUT2D eigenvalue weighted by atomic mass is 35.5. The molecule has 0 spiro atoms. The number of halogens is 3. The average molecular weight is 418 g/mol. The second-order valence-corrected chi connectivity index (χ2v) is 7.27. The number of hydrogen-bond donors (Lipinski definition) is 0. The fourth-order valence-electron chi connectivity index (χ4n) is 3.28. The topological polar surface area (TPSA) is 47.4 Å². The van der Waals surface area contributed by atoms with Crippen molar-refractivity contribution in [1.82, 2.24) is 14.7 Å². The number of carbonyl (C=O) groups is 1. The van der Waals surface area contributed by atoms with E-state index >= 15 is 0 Å². The lowest BCUT2D eigenvalue weighted by Crippen LogP contribution is -2.41. The Morgan fingerprint density at radius 2 is 1.83 bits per heavy atom. The minimum atomic E-state index is -0.724. The Morgan fingerprint density at radius 3 is 2.52 bits per heavy atom. The molecule has 3 aromatic rings. The lowest BCUT2D eigenvalue weighted by Gasteiger charge is -2.32. The van der Waals surface area contributed by atoms with Crippen LogP contribution in [0.3, 0.4) is 0 Å². The molecule has 2 aromatic carbocycles. The quantitative estimate of drug-likeness (QED) is 0.628. The second kappa shape index (κ2) is 8.21. The Bertz CT molecular complexity index is 1020. The molecule has 1 fully saturated rings. The van der Waals surface area contributed by atoms with Crippen LogP contribution in [-0.4, -0.2) is 39.8 Å². The number of piperidine rings is 1. The molecule has 0 radical (unpaired) electrons. The Labute approximate surface area is 171 Å². The molecule has 5 nitrogen and oxygen atoms in total. The Hall–Kier alpha value is -2.93. The van der Waals surface area contributed by atoms with Crippen molar-refractivity contribution < 1.29 is 18.3 Å². The summed E-state index contributed by atoms with van der Waals surface area (Å²) >= 11 is 5.90. The zero-order chi connectivity index (χ0) is 20.4. The number of amides is 1. The molecule has 0 unspecified atom stereocenters. The molecule has 8 heteroatoms. The maximum atomic E-state index is 13.7. The first-order chi connectivity index (χ1) is 14.0. The molecule has 1 saturated heterocycles. The predicted octanol–water partition coefficient (Wildman–Crippen LogP) is 4.49. The summed E-state index contributed by atoms with van der Waals surface area (Å²) in [6.45, 7) is 0.969. The van der Waals surface area contributed by atoms with Gasteiger partial charge < -0.3 is 9.64 Å². The van der Waals surface area contributed by atoms with Crippen molar-refractivity contribution in [2.24, 2.45) is 0 Å². The van der Waals surface area contributed by atoms with Gasteiger partial charge in [0, 0.05) is 43.2 Å². The number of benzene rings is 2. The van der Waals surface area contributed by atoms with Gasteiger partial charge in [0.05, 0.1) is 17.4 Å². The monoisotopic (exact) mass is 417 g/mol. The molecular formula is C21H18ClF2N3O2. The van der Waals surface area contributed by atoms with Crippen LogP contribution >= 0.6 is 11.6 Å². The first kappa shape index (κ1) is 19.4. The fraction of sp³-hybridized carbons (Fsp3) is 0.238. The maximum absolute atomic E-state index is 13.7. The molecule has 0 atom stereocenters. The van der Waals surface area contributed by atoms with Gasteiger partial charge >= 0.3 is 0 Å². The molecule has 0 bridgehead atoms. The lowest BCUT2D eigenvalue weighted by molar-refractivity contribution is 0.0588. The molecule has 4 rings (SSSR count). The van der Waals surface area contributed by atoms with Gasteiger partial charge in [-0.3, -0.25) is 4.79 Å². The summed E-state index contributed by atoms with van der Waals surface area (Å²) in [4.78, 5) is 14.5. The summed E-state index contributed by atoms with van der Waals surface area (Å²) in [6.07, 6.45) is 4.12. The largest absolute Gasteiger partial charge is 0.487 e. The zero-order valence-corrected chi connectivity index (χ0v) is 16.1. The molecule has 0 saturated carbocycles. The first-order valence-corrected chi connectivity index (χ1v) is 9.59. The summed E-state index contributed by atoms with van der Waals surface area (Å²) in [7, 11) is 0. The van der Waals surface area contributed by atoms with E-state index < -0.39 is 11.6 Å². The Kier molecular flexibility index (Phi) is 5.49. The number of aromatic nitrogens is 2. The van der Waals surface area contributed by atoms with Gasteiger partial charge in [-0.2, -0.15) is 5.10 Å².